The van der Waals surface area contributed by atoms with E-state index in [9.17, 15) is 8.42 Å². The van der Waals surface area contributed by atoms with Crippen molar-refractivity contribution in [3.05, 3.63) is 29.3 Å². The maximum absolute atomic E-state index is 12.7. The average molecular weight is 312 g/mol. The van der Waals surface area contributed by atoms with Gasteiger partial charge in [-0.1, -0.05) is 12.1 Å². The lowest BCUT2D eigenvalue weighted by molar-refractivity contribution is 0.0495. The fourth-order valence-corrected chi connectivity index (χ4v) is 4.15. The average Bonchev–Trinajstić information content (AvgIpc) is 2.48. The van der Waals surface area contributed by atoms with Gasteiger partial charge in [0.2, 0.25) is 10.0 Å². The van der Waals surface area contributed by atoms with E-state index < -0.39 is 10.0 Å². The molecule has 21 heavy (non-hydrogen) atoms. The van der Waals surface area contributed by atoms with Crippen LogP contribution in [-0.4, -0.2) is 39.5 Å². The van der Waals surface area contributed by atoms with Crippen molar-refractivity contribution in [3.8, 4) is 0 Å². The van der Waals surface area contributed by atoms with Gasteiger partial charge in [0.25, 0.3) is 0 Å². The first-order valence-corrected chi connectivity index (χ1v) is 8.73. The van der Waals surface area contributed by atoms with Crippen molar-refractivity contribution in [3.63, 3.8) is 0 Å². The van der Waals surface area contributed by atoms with Crippen molar-refractivity contribution >= 4 is 10.0 Å². The van der Waals surface area contributed by atoms with Crippen LogP contribution in [0.2, 0.25) is 0 Å². The second kappa shape index (κ2) is 6.87. The maximum Gasteiger partial charge on any atom is 0.243 e. The Morgan fingerprint density at radius 2 is 2.19 bits per heavy atom. The van der Waals surface area contributed by atoms with E-state index in [4.69, 9.17) is 10.5 Å². The molecule has 5 nitrogen and oxygen atoms in total. The van der Waals surface area contributed by atoms with E-state index in [1.807, 2.05) is 19.1 Å². The van der Waals surface area contributed by atoms with E-state index in [2.05, 4.69) is 0 Å². The minimum atomic E-state index is -3.48. The zero-order valence-corrected chi connectivity index (χ0v) is 13.5. The third kappa shape index (κ3) is 3.83. The molecule has 0 aliphatic carbocycles. The lowest BCUT2D eigenvalue weighted by atomic mass is 10.0. The summed E-state index contributed by atoms with van der Waals surface area (Å²) in [6.45, 7) is 4.06. The molecule has 1 aromatic rings. The Morgan fingerprint density at radius 3 is 2.81 bits per heavy atom. The van der Waals surface area contributed by atoms with Crippen molar-refractivity contribution < 1.29 is 13.2 Å². The number of ether oxygens (including phenoxy) is 1. The summed E-state index contributed by atoms with van der Waals surface area (Å²) >= 11 is 0. The van der Waals surface area contributed by atoms with E-state index in [1.165, 1.54) is 4.31 Å². The minimum absolute atomic E-state index is 0.275. The van der Waals surface area contributed by atoms with E-state index in [-0.39, 0.29) is 5.92 Å². The lowest BCUT2D eigenvalue weighted by Crippen LogP contribution is -2.35. The van der Waals surface area contributed by atoms with Gasteiger partial charge in [0.1, 0.15) is 0 Å². The largest absolute Gasteiger partial charge is 0.381 e. The lowest BCUT2D eigenvalue weighted by Gasteiger charge is -2.27. The molecule has 1 fully saturated rings. The van der Waals surface area contributed by atoms with Crippen LogP contribution in [0.3, 0.4) is 0 Å². The molecule has 2 rings (SSSR count). The van der Waals surface area contributed by atoms with Crippen molar-refractivity contribution in [1.29, 1.82) is 0 Å². The Bertz CT molecular complexity index is 581. The number of aryl methyl sites for hydroxylation is 1. The number of benzene rings is 1. The smallest absolute Gasteiger partial charge is 0.243 e. The summed E-state index contributed by atoms with van der Waals surface area (Å²) in [5.41, 5.74) is 7.19. The van der Waals surface area contributed by atoms with Gasteiger partial charge in [0, 0.05) is 26.7 Å². The summed E-state index contributed by atoms with van der Waals surface area (Å²) in [6, 6.07) is 5.36. The molecular weight excluding hydrogens is 288 g/mol. The SMILES string of the molecule is Cc1ccc(CN)cc1S(=O)(=O)N(C)CC1CCCOC1. The fraction of sp³-hybridized carbons (Fsp3) is 0.600. The molecule has 1 atom stereocenters. The van der Waals surface area contributed by atoms with Crippen LogP contribution in [0.4, 0.5) is 0 Å². The van der Waals surface area contributed by atoms with Gasteiger partial charge in [-0.25, -0.2) is 12.7 Å². The van der Waals surface area contributed by atoms with Crippen LogP contribution in [0.1, 0.15) is 24.0 Å². The van der Waals surface area contributed by atoms with Gasteiger partial charge in [0.15, 0.2) is 0 Å². The van der Waals surface area contributed by atoms with Crippen molar-refractivity contribution in [2.75, 3.05) is 26.8 Å². The topological polar surface area (TPSA) is 72.6 Å². The number of rotatable bonds is 5. The second-order valence-electron chi connectivity index (χ2n) is 5.67. The van der Waals surface area contributed by atoms with Crippen molar-refractivity contribution in [1.82, 2.24) is 4.31 Å². The maximum atomic E-state index is 12.7. The van der Waals surface area contributed by atoms with Crippen LogP contribution in [0.5, 0.6) is 0 Å². The molecule has 0 aromatic heterocycles. The molecule has 1 unspecified atom stereocenters. The first kappa shape index (κ1) is 16.4. The van der Waals surface area contributed by atoms with Gasteiger partial charge in [-0.15, -0.1) is 0 Å². The summed E-state index contributed by atoms with van der Waals surface area (Å²) in [6.07, 6.45) is 2.02. The predicted octanol–water partition coefficient (Wildman–Crippen LogP) is 1.50. The summed E-state index contributed by atoms with van der Waals surface area (Å²) in [4.78, 5) is 0.352. The van der Waals surface area contributed by atoms with Crippen LogP contribution in [-0.2, 0) is 21.3 Å². The van der Waals surface area contributed by atoms with Crippen LogP contribution in [0.15, 0.2) is 23.1 Å². The van der Waals surface area contributed by atoms with Crippen LogP contribution < -0.4 is 5.73 Å². The molecule has 0 saturated carbocycles. The molecule has 1 saturated heterocycles. The zero-order valence-electron chi connectivity index (χ0n) is 12.7. The summed E-state index contributed by atoms with van der Waals surface area (Å²) in [5, 5.41) is 0. The molecule has 118 valence electrons. The molecule has 0 spiro atoms. The number of nitrogens with two attached hydrogens (primary N) is 1. The summed E-state index contributed by atoms with van der Waals surface area (Å²) < 4.78 is 32.3. The van der Waals surface area contributed by atoms with Crippen molar-refractivity contribution in [2.45, 2.75) is 31.2 Å². The van der Waals surface area contributed by atoms with Crippen LogP contribution in [0, 0.1) is 12.8 Å². The molecule has 1 aliphatic heterocycles. The van der Waals surface area contributed by atoms with E-state index in [0.717, 1.165) is 30.6 Å². The van der Waals surface area contributed by atoms with Gasteiger partial charge < -0.3 is 10.5 Å². The first-order valence-electron chi connectivity index (χ1n) is 7.29. The highest BCUT2D eigenvalue weighted by atomic mass is 32.2. The molecule has 2 N–H and O–H groups in total. The third-order valence-corrected chi connectivity index (χ3v) is 5.91. The van der Waals surface area contributed by atoms with E-state index >= 15 is 0 Å². The van der Waals surface area contributed by atoms with E-state index in [0.29, 0.717) is 24.6 Å². The molecule has 1 aliphatic rings. The Labute approximate surface area is 127 Å². The standard InChI is InChI=1S/C15H24N2O3S/c1-12-5-6-13(9-16)8-15(12)21(18,19)17(2)10-14-4-3-7-20-11-14/h5-6,8,14H,3-4,7,9-11,16H2,1-2H3. The molecule has 6 heteroatoms. The number of hydrogen-bond acceptors (Lipinski definition) is 4. The van der Waals surface area contributed by atoms with E-state index in [1.54, 1.807) is 13.1 Å². The third-order valence-electron chi connectivity index (χ3n) is 3.95. The highest BCUT2D eigenvalue weighted by molar-refractivity contribution is 7.89. The van der Waals surface area contributed by atoms with Crippen LogP contribution >= 0.6 is 0 Å². The van der Waals surface area contributed by atoms with Gasteiger partial charge in [-0.2, -0.15) is 0 Å². The number of nitrogens with zero attached hydrogens (tertiary/aromatic N) is 1. The van der Waals surface area contributed by atoms with Crippen LogP contribution in [0.25, 0.3) is 0 Å². The Hall–Kier alpha value is -0.950. The first-order chi connectivity index (χ1) is 9.95. The highest BCUT2D eigenvalue weighted by Crippen LogP contribution is 2.23. The molecule has 1 aromatic carbocycles. The minimum Gasteiger partial charge on any atom is -0.381 e. The Morgan fingerprint density at radius 1 is 1.43 bits per heavy atom. The molecule has 1 heterocycles. The number of hydrogen-bond donors (Lipinski definition) is 1. The Kier molecular flexibility index (Phi) is 5.37. The highest BCUT2D eigenvalue weighted by Gasteiger charge is 2.26. The van der Waals surface area contributed by atoms with Gasteiger partial charge >= 0.3 is 0 Å². The fourth-order valence-electron chi connectivity index (χ4n) is 2.63. The van der Waals surface area contributed by atoms with Gasteiger partial charge in [-0.05, 0) is 42.9 Å². The Balaban J connectivity index is 2.20. The summed E-state index contributed by atoms with van der Waals surface area (Å²) in [5.74, 6) is 0.275. The zero-order chi connectivity index (χ0) is 15.5. The monoisotopic (exact) mass is 312 g/mol. The molecule has 0 amide bonds. The summed E-state index contributed by atoms with van der Waals surface area (Å²) in [7, 11) is -1.84. The quantitative estimate of drug-likeness (QED) is 0.894. The molecular formula is C15H24N2O3S. The second-order valence-corrected chi connectivity index (χ2v) is 7.69. The van der Waals surface area contributed by atoms with Gasteiger partial charge in [-0.3, -0.25) is 0 Å². The molecule has 0 bridgehead atoms. The number of sulfonamides is 1. The van der Waals surface area contributed by atoms with Crippen molar-refractivity contribution in [2.24, 2.45) is 11.7 Å². The van der Waals surface area contributed by atoms with Gasteiger partial charge in [0.05, 0.1) is 11.5 Å². The normalized spacial score (nSPS) is 19.9. The predicted molar refractivity (Wildman–Crippen MR) is 82.4 cm³/mol. The molecule has 0 radical (unpaired) electrons.